The zero-order chi connectivity index (χ0) is 27.8. The Hall–Kier alpha value is -5.15. The van der Waals surface area contributed by atoms with Gasteiger partial charge >= 0.3 is 0 Å². The summed E-state index contributed by atoms with van der Waals surface area (Å²) in [6.07, 6.45) is 1.66. The van der Waals surface area contributed by atoms with E-state index in [9.17, 15) is 4.79 Å². The largest absolute Gasteiger partial charge is 0.497 e. The fraction of sp³-hybridized carbons (Fsp3) is 0.0667. The van der Waals surface area contributed by atoms with Crippen LogP contribution in [-0.4, -0.2) is 34.2 Å². The molecule has 0 amide bonds. The van der Waals surface area contributed by atoms with Crippen molar-refractivity contribution in [2.45, 2.75) is 0 Å². The van der Waals surface area contributed by atoms with Crippen molar-refractivity contribution in [3.05, 3.63) is 94.4 Å². The van der Waals surface area contributed by atoms with Crippen molar-refractivity contribution in [3.8, 4) is 45.4 Å². The second-order valence-corrected chi connectivity index (χ2v) is 9.31. The smallest absolute Gasteiger partial charge is 0.262 e. The van der Waals surface area contributed by atoms with Crippen LogP contribution in [0.25, 0.3) is 44.3 Å². The van der Waals surface area contributed by atoms with Gasteiger partial charge in [0, 0.05) is 27.7 Å². The predicted octanol–water partition coefficient (Wildman–Crippen LogP) is 6.25. The predicted molar refractivity (Wildman–Crippen MR) is 155 cm³/mol. The van der Waals surface area contributed by atoms with Gasteiger partial charge in [0.2, 0.25) is 5.95 Å². The van der Waals surface area contributed by atoms with Crippen molar-refractivity contribution in [1.29, 1.82) is 0 Å². The molecule has 0 atom stereocenters. The molecule has 6 rings (SSSR count). The molecule has 6 aromatic rings. The third-order valence-electron chi connectivity index (χ3n) is 6.44. The summed E-state index contributed by atoms with van der Waals surface area (Å²) in [6.45, 7) is 0. The average Bonchev–Trinajstić information content (AvgIpc) is 2.96. The first-order chi connectivity index (χ1) is 19.4. The Morgan fingerprint density at radius 2 is 1.62 bits per heavy atom. The standard InChI is InChI=1S/C30H22ClN5O4/c1-38-19-7-3-16(4-8-19)22-15-21(27-28(34-22)35-30(32)36-29(27)37)17-5-10-25(26(13-17)39-2)40-24-11-12-33-23-14-18(31)6-9-20(23)24/h3-15H,1-2H3,(H3,32,34,35,36,37). The molecule has 0 fully saturated rings. The number of halogens is 1. The SMILES string of the molecule is COc1ccc(-c2cc(-c3ccc(Oc4ccnc5cc(Cl)ccc45)c(OC)c3)c3c(=O)[nH]c(N)nc3n2)cc1. The summed E-state index contributed by atoms with van der Waals surface area (Å²) in [5.41, 5.74) is 9.14. The highest BCUT2D eigenvalue weighted by molar-refractivity contribution is 6.31. The number of methoxy groups -OCH3 is 2. The number of benzene rings is 3. The van der Waals surface area contributed by atoms with Gasteiger partial charge in [-0.2, -0.15) is 4.98 Å². The number of nitrogens with zero attached hydrogens (tertiary/aromatic N) is 3. The molecule has 0 radical (unpaired) electrons. The molecule has 9 nitrogen and oxygen atoms in total. The summed E-state index contributed by atoms with van der Waals surface area (Å²) in [5.74, 6) is 2.25. The second kappa shape index (κ2) is 10.2. The summed E-state index contributed by atoms with van der Waals surface area (Å²) in [5, 5.41) is 1.69. The lowest BCUT2D eigenvalue weighted by Crippen LogP contribution is -2.13. The molecular formula is C30H22ClN5O4. The van der Waals surface area contributed by atoms with Gasteiger partial charge in [-0.1, -0.05) is 17.7 Å². The maximum atomic E-state index is 13.0. The summed E-state index contributed by atoms with van der Waals surface area (Å²) in [6, 6.07) is 21.9. The highest BCUT2D eigenvalue weighted by atomic mass is 35.5. The molecule has 0 saturated heterocycles. The number of hydrogen-bond donors (Lipinski definition) is 2. The third kappa shape index (κ3) is 4.63. The van der Waals surface area contributed by atoms with E-state index < -0.39 is 5.56 Å². The van der Waals surface area contributed by atoms with Crippen LogP contribution < -0.4 is 25.5 Å². The summed E-state index contributed by atoms with van der Waals surface area (Å²) in [7, 11) is 3.16. The number of nitrogens with one attached hydrogen (secondary N) is 1. The van der Waals surface area contributed by atoms with Gasteiger partial charge in [-0.05, 0) is 72.3 Å². The van der Waals surface area contributed by atoms with Gasteiger partial charge in [0.05, 0.1) is 30.8 Å². The Balaban J connectivity index is 1.48. The van der Waals surface area contributed by atoms with Crippen LogP contribution >= 0.6 is 11.6 Å². The number of H-pyrrole nitrogens is 1. The number of aromatic nitrogens is 4. The number of aromatic amines is 1. The second-order valence-electron chi connectivity index (χ2n) is 8.87. The molecule has 0 bridgehead atoms. The molecule has 40 heavy (non-hydrogen) atoms. The van der Waals surface area contributed by atoms with Gasteiger partial charge in [0.15, 0.2) is 17.1 Å². The first kappa shape index (κ1) is 25.1. The number of pyridine rings is 2. The van der Waals surface area contributed by atoms with Crippen LogP contribution in [0.2, 0.25) is 5.02 Å². The molecule has 198 valence electrons. The lowest BCUT2D eigenvalue weighted by atomic mass is 9.99. The molecule has 3 heterocycles. The summed E-state index contributed by atoms with van der Waals surface area (Å²) in [4.78, 5) is 28.9. The quantitative estimate of drug-likeness (QED) is 0.249. The Bertz CT molecular complexity index is 1960. The van der Waals surface area contributed by atoms with E-state index in [0.717, 1.165) is 10.9 Å². The minimum absolute atomic E-state index is 0.0185. The Morgan fingerprint density at radius 3 is 2.40 bits per heavy atom. The van der Waals surface area contributed by atoms with Gasteiger partial charge in [0.25, 0.3) is 5.56 Å². The van der Waals surface area contributed by atoms with E-state index >= 15 is 0 Å². The maximum Gasteiger partial charge on any atom is 0.262 e. The maximum absolute atomic E-state index is 13.0. The number of nitrogens with two attached hydrogens (primary N) is 1. The van der Waals surface area contributed by atoms with E-state index in [4.69, 9.17) is 31.5 Å². The normalized spacial score (nSPS) is 11.1. The van der Waals surface area contributed by atoms with Crippen LogP contribution in [0.4, 0.5) is 5.95 Å². The van der Waals surface area contributed by atoms with E-state index in [-0.39, 0.29) is 11.6 Å². The van der Waals surface area contributed by atoms with Crippen LogP contribution in [0.1, 0.15) is 0 Å². The number of fused-ring (bicyclic) bond motifs is 2. The molecule has 0 spiro atoms. The molecule has 0 unspecified atom stereocenters. The molecule has 0 saturated carbocycles. The van der Waals surface area contributed by atoms with Crippen molar-refractivity contribution in [3.63, 3.8) is 0 Å². The van der Waals surface area contributed by atoms with E-state index in [1.54, 1.807) is 50.7 Å². The van der Waals surface area contributed by atoms with E-state index in [0.29, 0.717) is 55.7 Å². The lowest BCUT2D eigenvalue weighted by molar-refractivity contribution is 0.380. The molecule has 3 aromatic heterocycles. The van der Waals surface area contributed by atoms with Crippen LogP contribution in [0, 0.1) is 0 Å². The Morgan fingerprint density at radius 1 is 0.825 bits per heavy atom. The van der Waals surface area contributed by atoms with Gasteiger partial charge < -0.3 is 19.9 Å². The van der Waals surface area contributed by atoms with Crippen molar-refractivity contribution in [1.82, 2.24) is 19.9 Å². The summed E-state index contributed by atoms with van der Waals surface area (Å²) >= 11 is 6.13. The van der Waals surface area contributed by atoms with Crippen molar-refractivity contribution >= 4 is 39.5 Å². The molecule has 10 heteroatoms. The van der Waals surface area contributed by atoms with Crippen LogP contribution in [0.15, 0.2) is 83.8 Å². The first-order valence-electron chi connectivity index (χ1n) is 12.2. The highest BCUT2D eigenvalue weighted by Crippen LogP contribution is 2.39. The van der Waals surface area contributed by atoms with Crippen LogP contribution in [-0.2, 0) is 0 Å². The molecule has 3 aromatic carbocycles. The highest BCUT2D eigenvalue weighted by Gasteiger charge is 2.17. The van der Waals surface area contributed by atoms with E-state index in [2.05, 4.69) is 19.9 Å². The Labute approximate surface area is 233 Å². The van der Waals surface area contributed by atoms with E-state index in [1.165, 1.54) is 0 Å². The van der Waals surface area contributed by atoms with Gasteiger partial charge in [-0.25, -0.2) is 4.98 Å². The first-order valence-corrected chi connectivity index (χ1v) is 12.6. The molecule has 0 aliphatic carbocycles. The topological polar surface area (TPSA) is 125 Å². The van der Waals surface area contributed by atoms with E-state index in [1.807, 2.05) is 42.5 Å². The number of rotatable bonds is 6. The van der Waals surface area contributed by atoms with Gasteiger partial charge in [-0.3, -0.25) is 14.8 Å². The lowest BCUT2D eigenvalue weighted by Gasteiger charge is -2.15. The third-order valence-corrected chi connectivity index (χ3v) is 6.68. The fourth-order valence-electron chi connectivity index (χ4n) is 4.52. The van der Waals surface area contributed by atoms with Crippen molar-refractivity contribution in [2.24, 2.45) is 0 Å². The number of anilines is 1. The molecule has 3 N–H and O–H groups in total. The zero-order valence-electron chi connectivity index (χ0n) is 21.4. The monoisotopic (exact) mass is 551 g/mol. The minimum Gasteiger partial charge on any atom is -0.497 e. The number of nitrogen functional groups attached to an aromatic ring is 1. The van der Waals surface area contributed by atoms with Gasteiger partial charge in [-0.15, -0.1) is 0 Å². The van der Waals surface area contributed by atoms with Crippen LogP contribution in [0.5, 0.6) is 23.0 Å². The molecular weight excluding hydrogens is 530 g/mol. The average molecular weight is 552 g/mol. The van der Waals surface area contributed by atoms with Crippen molar-refractivity contribution < 1.29 is 14.2 Å². The van der Waals surface area contributed by atoms with Crippen molar-refractivity contribution in [2.75, 3.05) is 20.0 Å². The number of hydrogen-bond acceptors (Lipinski definition) is 8. The molecule has 0 aliphatic heterocycles. The van der Waals surface area contributed by atoms with Crippen LogP contribution in [0.3, 0.4) is 0 Å². The summed E-state index contributed by atoms with van der Waals surface area (Å²) < 4.78 is 17.2. The Kier molecular flexibility index (Phi) is 6.41. The minimum atomic E-state index is -0.396. The zero-order valence-corrected chi connectivity index (χ0v) is 22.2. The van der Waals surface area contributed by atoms with Gasteiger partial charge in [0.1, 0.15) is 11.5 Å². The number of ether oxygens (including phenoxy) is 3. The fourth-order valence-corrected chi connectivity index (χ4v) is 4.68. The molecule has 0 aliphatic rings.